The molecule has 0 radical (unpaired) electrons. The molecule has 1 atom stereocenters. The Bertz CT molecular complexity index is 1240. The van der Waals surface area contributed by atoms with Crippen LogP contribution in [0, 0.1) is 11.2 Å². The van der Waals surface area contributed by atoms with Crippen molar-refractivity contribution < 1.29 is 9.18 Å². The van der Waals surface area contributed by atoms with Crippen molar-refractivity contribution in [3.63, 3.8) is 0 Å². The summed E-state index contributed by atoms with van der Waals surface area (Å²) in [6.45, 7) is 4.23. The summed E-state index contributed by atoms with van der Waals surface area (Å²) in [5.74, 6) is 1.08. The molecule has 5 nitrogen and oxygen atoms in total. The van der Waals surface area contributed by atoms with Crippen molar-refractivity contribution in [2.75, 3.05) is 5.32 Å². The summed E-state index contributed by atoms with van der Waals surface area (Å²) in [4.78, 5) is 17.9. The van der Waals surface area contributed by atoms with Crippen LogP contribution in [0.5, 0.6) is 0 Å². The number of carbonyl (C=O) groups is 1. The Balaban J connectivity index is 1.52. The number of nitrogens with one attached hydrogen (secondary N) is 1. The van der Waals surface area contributed by atoms with Crippen LogP contribution in [0.4, 0.5) is 10.3 Å². The standard InChI is InChI=1S/C24H22BrFN4OS/c1-24(2)11-18-20(19(31)12-24)21(15-6-8-16(25)9-7-15)30-22(27-18)28-23(29-30)32-13-14-4-3-5-17(26)10-14/h3-10,21H,11-13H2,1-2H3,(H,27,28,29). The van der Waals surface area contributed by atoms with Crippen molar-refractivity contribution >= 4 is 39.4 Å². The number of anilines is 1. The van der Waals surface area contributed by atoms with Crippen molar-refractivity contribution in [1.29, 1.82) is 0 Å². The molecule has 0 amide bonds. The summed E-state index contributed by atoms with van der Waals surface area (Å²) in [7, 11) is 0. The van der Waals surface area contributed by atoms with Gasteiger partial charge >= 0.3 is 0 Å². The van der Waals surface area contributed by atoms with Crippen LogP contribution >= 0.6 is 27.7 Å². The van der Waals surface area contributed by atoms with E-state index in [0.29, 0.717) is 23.3 Å². The average molecular weight is 513 g/mol. The minimum Gasteiger partial charge on any atom is -0.328 e. The zero-order valence-electron chi connectivity index (χ0n) is 17.7. The van der Waals surface area contributed by atoms with Gasteiger partial charge in [0.05, 0.1) is 0 Å². The highest BCUT2D eigenvalue weighted by molar-refractivity contribution is 9.10. The molecule has 1 aliphatic carbocycles. The first kappa shape index (κ1) is 21.4. The van der Waals surface area contributed by atoms with Gasteiger partial charge in [0.2, 0.25) is 11.1 Å². The van der Waals surface area contributed by atoms with E-state index in [4.69, 9.17) is 10.1 Å². The number of Topliss-reactive ketones (excluding diaryl/α,β-unsaturated/α-hetero) is 1. The highest BCUT2D eigenvalue weighted by Crippen LogP contribution is 2.45. The molecule has 2 aromatic carbocycles. The van der Waals surface area contributed by atoms with E-state index >= 15 is 0 Å². The minimum absolute atomic E-state index is 0.107. The van der Waals surface area contributed by atoms with E-state index in [1.54, 1.807) is 6.07 Å². The Morgan fingerprint density at radius 2 is 2.00 bits per heavy atom. The molecule has 5 rings (SSSR count). The zero-order valence-corrected chi connectivity index (χ0v) is 20.1. The molecule has 0 fully saturated rings. The van der Waals surface area contributed by atoms with Gasteiger partial charge in [0.1, 0.15) is 11.9 Å². The quantitative estimate of drug-likeness (QED) is 0.426. The van der Waals surface area contributed by atoms with Crippen LogP contribution in [0.15, 0.2) is 69.4 Å². The molecule has 0 saturated heterocycles. The fraction of sp³-hybridized carbons (Fsp3) is 0.292. The number of nitrogens with zero attached hydrogens (tertiary/aromatic N) is 3. The van der Waals surface area contributed by atoms with Gasteiger partial charge in [-0.1, -0.05) is 65.8 Å². The Hall–Kier alpha value is -2.45. The van der Waals surface area contributed by atoms with Crippen molar-refractivity contribution in [2.24, 2.45) is 5.41 Å². The molecular weight excluding hydrogens is 491 g/mol. The van der Waals surface area contributed by atoms with Gasteiger partial charge in [0.25, 0.3) is 0 Å². The first-order chi connectivity index (χ1) is 15.3. The van der Waals surface area contributed by atoms with Gasteiger partial charge in [-0.15, -0.1) is 5.10 Å². The maximum Gasteiger partial charge on any atom is 0.227 e. The van der Waals surface area contributed by atoms with Crippen LogP contribution in [0.25, 0.3) is 0 Å². The number of aromatic nitrogens is 3. The molecule has 1 aliphatic heterocycles. The lowest BCUT2D eigenvalue weighted by atomic mass is 9.73. The monoisotopic (exact) mass is 512 g/mol. The Morgan fingerprint density at radius 3 is 2.75 bits per heavy atom. The molecule has 8 heteroatoms. The smallest absolute Gasteiger partial charge is 0.227 e. The molecule has 3 aromatic rings. The maximum atomic E-state index is 13.5. The van der Waals surface area contributed by atoms with Crippen molar-refractivity contribution in [3.05, 3.63) is 81.2 Å². The summed E-state index contributed by atoms with van der Waals surface area (Å²) in [6.07, 6.45) is 1.28. The summed E-state index contributed by atoms with van der Waals surface area (Å²) < 4.78 is 16.3. The Kier molecular flexibility index (Phi) is 5.45. The molecule has 1 unspecified atom stereocenters. The third-order valence-electron chi connectivity index (χ3n) is 5.76. The topological polar surface area (TPSA) is 59.8 Å². The van der Waals surface area contributed by atoms with Crippen molar-refractivity contribution in [3.8, 4) is 0 Å². The lowest BCUT2D eigenvalue weighted by molar-refractivity contribution is -0.118. The van der Waals surface area contributed by atoms with Crippen LogP contribution in [0.1, 0.15) is 43.9 Å². The predicted octanol–water partition coefficient (Wildman–Crippen LogP) is 6.13. The number of allylic oxidation sites excluding steroid dienone is 2. The third kappa shape index (κ3) is 4.13. The number of hydrogen-bond donors (Lipinski definition) is 1. The van der Waals surface area contributed by atoms with E-state index in [0.717, 1.165) is 33.3 Å². The van der Waals surface area contributed by atoms with E-state index in [1.165, 1.54) is 23.9 Å². The van der Waals surface area contributed by atoms with Gasteiger partial charge in [0.15, 0.2) is 5.78 Å². The summed E-state index contributed by atoms with van der Waals surface area (Å²) in [6, 6.07) is 14.2. The number of hydrogen-bond acceptors (Lipinski definition) is 5. The van der Waals surface area contributed by atoms with Crippen molar-refractivity contribution in [2.45, 2.75) is 43.6 Å². The summed E-state index contributed by atoms with van der Waals surface area (Å²) in [5.41, 5.74) is 3.45. The fourth-order valence-electron chi connectivity index (χ4n) is 4.38. The number of ketones is 1. The maximum absolute atomic E-state index is 13.5. The van der Waals surface area contributed by atoms with Crippen LogP contribution in [-0.4, -0.2) is 20.5 Å². The molecule has 2 heterocycles. The lowest BCUT2D eigenvalue weighted by Gasteiger charge is -2.38. The second-order valence-electron chi connectivity index (χ2n) is 8.99. The van der Waals surface area contributed by atoms with Crippen LogP contribution in [0.3, 0.4) is 0 Å². The van der Waals surface area contributed by atoms with Gasteiger partial charge in [0, 0.05) is 27.9 Å². The zero-order chi connectivity index (χ0) is 22.5. The van der Waals surface area contributed by atoms with E-state index in [-0.39, 0.29) is 23.1 Å². The fourth-order valence-corrected chi connectivity index (χ4v) is 5.41. The van der Waals surface area contributed by atoms with Crippen molar-refractivity contribution in [1.82, 2.24) is 14.8 Å². The Labute approximate surface area is 198 Å². The van der Waals surface area contributed by atoms with E-state index in [9.17, 15) is 9.18 Å². The van der Waals surface area contributed by atoms with E-state index < -0.39 is 0 Å². The summed E-state index contributed by atoms with van der Waals surface area (Å²) in [5, 5.41) is 8.72. The highest BCUT2D eigenvalue weighted by Gasteiger charge is 2.41. The van der Waals surface area contributed by atoms with Crippen LogP contribution in [-0.2, 0) is 10.5 Å². The van der Waals surface area contributed by atoms with E-state index in [1.807, 2.05) is 35.0 Å². The van der Waals surface area contributed by atoms with Gasteiger partial charge < -0.3 is 5.32 Å². The molecule has 0 saturated carbocycles. The molecule has 164 valence electrons. The number of carbonyl (C=O) groups excluding carboxylic acids is 1. The lowest BCUT2D eigenvalue weighted by Crippen LogP contribution is -2.36. The minimum atomic E-state index is -0.325. The summed E-state index contributed by atoms with van der Waals surface area (Å²) >= 11 is 4.94. The Morgan fingerprint density at radius 1 is 1.22 bits per heavy atom. The average Bonchev–Trinajstić information content (AvgIpc) is 3.13. The molecule has 32 heavy (non-hydrogen) atoms. The SMILES string of the molecule is CC1(C)CC(=O)C2=C(C1)Nc1nc(SCc3cccc(F)c3)nn1C2c1ccc(Br)cc1. The molecule has 1 aromatic heterocycles. The first-order valence-corrected chi connectivity index (χ1v) is 12.2. The molecule has 0 bridgehead atoms. The van der Waals surface area contributed by atoms with Gasteiger partial charge in [-0.3, -0.25) is 4.79 Å². The number of thioether (sulfide) groups is 1. The largest absolute Gasteiger partial charge is 0.328 e. The molecule has 1 N–H and O–H groups in total. The van der Waals surface area contributed by atoms with E-state index in [2.05, 4.69) is 35.1 Å². The normalized spacial score (nSPS) is 19.4. The second-order valence-corrected chi connectivity index (χ2v) is 10.9. The predicted molar refractivity (Wildman–Crippen MR) is 127 cm³/mol. The number of fused-ring (bicyclic) bond motifs is 1. The molecule has 2 aliphatic rings. The first-order valence-electron chi connectivity index (χ1n) is 10.4. The highest BCUT2D eigenvalue weighted by atomic mass is 79.9. The number of halogens is 2. The van der Waals surface area contributed by atoms with Gasteiger partial charge in [-0.25, -0.2) is 9.07 Å². The molecular formula is C24H22BrFN4OS. The molecule has 0 spiro atoms. The van der Waals surface area contributed by atoms with Gasteiger partial charge in [-0.05, 0) is 47.2 Å². The van der Waals surface area contributed by atoms with Crippen LogP contribution in [0.2, 0.25) is 0 Å². The number of benzene rings is 2. The van der Waals surface area contributed by atoms with Gasteiger partial charge in [-0.2, -0.15) is 4.98 Å². The number of rotatable bonds is 4. The second kappa shape index (κ2) is 8.15. The third-order valence-corrected chi connectivity index (χ3v) is 7.19. The van der Waals surface area contributed by atoms with Crippen LogP contribution < -0.4 is 5.32 Å².